The minimum Gasteiger partial charge on any atom is -0.493 e. The first kappa shape index (κ1) is 40.0. The first-order valence-electron chi connectivity index (χ1n) is 18.2. The number of aliphatic hydroxyl groups is 3. The zero-order valence-electron chi connectivity index (χ0n) is 30.9. The van der Waals surface area contributed by atoms with Crippen molar-refractivity contribution in [1.29, 1.82) is 5.26 Å². The highest BCUT2D eigenvalue weighted by atomic mass is 35.5. The Hall–Kier alpha value is -4.21. The summed E-state index contributed by atoms with van der Waals surface area (Å²) in [6.45, 7) is 9.97. The minimum absolute atomic E-state index is 0.153. The molecule has 1 aliphatic heterocycles. The lowest BCUT2D eigenvalue weighted by Gasteiger charge is -2.31. The topological polar surface area (TPSA) is 140 Å². The molecule has 0 aliphatic carbocycles. The van der Waals surface area contributed by atoms with Gasteiger partial charge >= 0.3 is 0 Å². The minimum atomic E-state index is -0.908. The van der Waals surface area contributed by atoms with Crippen LogP contribution in [0, 0.1) is 31.1 Å². The van der Waals surface area contributed by atoms with E-state index in [1.165, 1.54) is 6.20 Å². The van der Waals surface area contributed by atoms with Crippen LogP contribution in [0.4, 0.5) is 0 Å². The Labute approximate surface area is 317 Å². The highest BCUT2D eigenvalue weighted by molar-refractivity contribution is 6.32. The molecule has 282 valence electrons. The Morgan fingerprint density at radius 1 is 0.925 bits per heavy atom. The predicted octanol–water partition coefficient (Wildman–Crippen LogP) is 6.35. The van der Waals surface area contributed by atoms with Crippen LogP contribution < -0.4 is 19.5 Å². The van der Waals surface area contributed by atoms with E-state index in [9.17, 15) is 20.6 Å². The van der Waals surface area contributed by atoms with Crippen molar-refractivity contribution in [3.05, 3.63) is 105 Å². The molecule has 0 saturated carbocycles. The van der Waals surface area contributed by atoms with Crippen LogP contribution in [0.25, 0.3) is 11.1 Å². The van der Waals surface area contributed by atoms with E-state index in [-0.39, 0.29) is 39.6 Å². The molecule has 10 nitrogen and oxygen atoms in total. The van der Waals surface area contributed by atoms with Crippen LogP contribution >= 0.6 is 11.6 Å². The van der Waals surface area contributed by atoms with Gasteiger partial charge in [0.25, 0.3) is 0 Å². The Bertz CT molecular complexity index is 1860. The second kappa shape index (κ2) is 19.2. The molecule has 0 amide bonds. The van der Waals surface area contributed by atoms with Gasteiger partial charge in [0.2, 0.25) is 0 Å². The molecule has 0 radical (unpaired) electrons. The molecular weight excluding hydrogens is 692 g/mol. The molecule has 4 aromatic rings. The Morgan fingerprint density at radius 2 is 1.68 bits per heavy atom. The number of nitriles is 1. The fourth-order valence-corrected chi connectivity index (χ4v) is 6.78. The average molecular weight is 743 g/mol. The van der Waals surface area contributed by atoms with E-state index in [4.69, 9.17) is 25.8 Å². The normalized spacial score (nSPS) is 14.9. The quantitative estimate of drug-likeness (QED) is 0.0853. The Kier molecular flexibility index (Phi) is 14.5. The van der Waals surface area contributed by atoms with Crippen molar-refractivity contribution >= 4 is 11.6 Å². The summed E-state index contributed by atoms with van der Waals surface area (Å²) in [4.78, 5) is 6.56. The smallest absolute Gasteiger partial charge is 0.142 e. The largest absolute Gasteiger partial charge is 0.493 e. The highest BCUT2D eigenvalue weighted by Gasteiger charge is 2.23. The first-order valence-corrected chi connectivity index (χ1v) is 18.6. The van der Waals surface area contributed by atoms with E-state index >= 15 is 0 Å². The number of rotatable bonds is 18. The molecule has 0 spiro atoms. The summed E-state index contributed by atoms with van der Waals surface area (Å²) in [5.41, 5.74) is 6.32. The van der Waals surface area contributed by atoms with Crippen LogP contribution in [0.2, 0.25) is 5.02 Å². The van der Waals surface area contributed by atoms with Gasteiger partial charge in [-0.1, -0.05) is 41.9 Å². The molecule has 2 heterocycles. The molecular formula is C42H51ClN4O6. The van der Waals surface area contributed by atoms with E-state index in [2.05, 4.69) is 47.3 Å². The third-order valence-electron chi connectivity index (χ3n) is 9.98. The maximum atomic E-state index is 9.81. The second-order valence-corrected chi connectivity index (χ2v) is 14.5. The number of ether oxygens (including phenoxy) is 3. The summed E-state index contributed by atoms with van der Waals surface area (Å²) < 4.78 is 18.9. The van der Waals surface area contributed by atoms with Gasteiger partial charge in [-0.25, -0.2) is 0 Å². The third-order valence-corrected chi connectivity index (χ3v) is 10.3. The SMILES string of the molecule is Cc1c(COc2cc(OCc3cncc(C#N)c3)c(CNC(C)(CO)CO)cc2Cl)cccc1-c1cccc(OCCCN2CCCC(CO)C2)c1C. The molecule has 3 aromatic carbocycles. The van der Waals surface area contributed by atoms with E-state index in [0.29, 0.717) is 40.2 Å². The molecule has 1 unspecified atom stereocenters. The van der Waals surface area contributed by atoms with Gasteiger partial charge in [0.05, 0.1) is 35.9 Å². The van der Waals surface area contributed by atoms with E-state index in [1.54, 1.807) is 31.3 Å². The highest BCUT2D eigenvalue weighted by Crippen LogP contribution is 2.36. The number of hydrogen-bond donors (Lipinski definition) is 4. The standard InChI is InChI=1S/C42H51ClN4O6/c1-29-34(9-4-10-36(29)37-11-5-12-39(30(37)2)51-15-7-14-47-13-6-8-31(23-47)24-48)26-53-41-18-40(52-25-33-16-32(19-44)20-45-21-33)35(17-38(41)43)22-46-42(3,27-49)28-50/h4-5,9-12,16-18,20-21,31,46,48-50H,6-8,13-15,22-28H2,1-3H3. The van der Waals surface area contributed by atoms with Crippen LogP contribution in [0.5, 0.6) is 17.2 Å². The number of benzene rings is 3. The number of likely N-dealkylation sites (tertiary alicyclic amines) is 1. The van der Waals surface area contributed by atoms with Crippen molar-refractivity contribution in [3.8, 4) is 34.4 Å². The van der Waals surface area contributed by atoms with Crippen molar-refractivity contribution in [2.75, 3.05) is 46.1 Å². The van der Waals surface area contributed by atoms with Crippen LogP contribution in [0.3, 0.4) is 0 Å². The van der Waals surface area contributed by atoms with Gasteiger partial charge in [-0.15, -0.1) is 0 Å². The van der Waals surface area contributed by atoms with E-state index in [1.807, 2.05) is 24.3 Å². The number of pyridine rings is 1. The van der Waals surface area contributed by atoms with Crippen LogP contribution in [-0.2, 0) is 19.8 Å². The number of aliphatic hydroxyl groups excluding tert-OH is 3. The fourth-order valence-electron chi connectivity index (χ4n) is 6.54. The lowest BCUT2D eigenvalue weighted by atomic mass is 9.93. The summed E-state index contributed by atoms with van der Waals surface area (Å²) >= 11 is 6.78. The number of halogens is 1. The third kappa shape index (κ3) is 10.7. The summed E-state index contributed by atoms with van der Waals surface area (Å²) in [6, 6.07) is 19.7. The molecule has 1 aromatic heterocycles. The maximum absolute atomic E-state index is 9.81. The summed E-state index contributed by atoms with van der Waals surface area (Å²) in [5.74, 6) is 2.20. The van der Waals surface area contributed by atoms with E-state index in [0.717, 1.165) is 78.0 Å². The molecule has 4 N–H and O–H groups in total. The summed E-state index contributed by atoms with van der Waals surface area (Å²) in [6.07, 6.45) is 6.31. The summed E-state index contributed by atoms with van der Waals surface area (Å²) in [5, 5.41) is 42.0. The number of aromatic nitrogens is 1. The molecule has 1 aliphatic rings. The molecule has 1 saturated heterocycles. The van der Waals surface area contributed by atoms with Crippen molar-refractivity contribution in [2.45, 2.75) is 65.3 Å². The van der Waals surface area contributed by atoms with Crippen molar-refractivity contribution in [2.24, 2.45) is 5.92 Å². The number of nitrogens with one attached hydrogen (secondary N) is 1. The average Bonchev–Trinajstić information content (AvgIpc) is 3.19. The second-order valence-electron chi connectivity index (χ2n) is 14.1. The van der Waals surface area contributed by atoms with Gasteiger partial charge < -0.3 is 39.7 Å². The van der Waals surface area contributed by atoms with Crippen LogP contribution in [0.1, 0.15) is 59.6 Å². The van der Waals surface area contributed by atoms with Crippen molar-refractivity contribution in [1.82, 2.24) is 15.2 Å². The van der Waals surface area contributed by atoms with Gasteiger partial charge in [-0.2, -0.15) is 5.26 Å². The van der Waals surface area contributed by atoms with Crippen LogP contribution in [-0.4, -0.2) is 76.8 Å². The first-order chi connectivity index (χ1) is 25.7. The lowest BCUT2D eigenvalue weighted by molar-refractivity contribution is 0.103. The number of hydrogen-bond acceptors (Lipinski definition) is 10. The Balaban J connectivity index is 1.29. The molecule has 5 rings (SSSR count). The van der Waals surface area contributed by atoms with Crippen molar-refractivity contribution in [3.63, 3.8) is 0 Å². The number of piperidine rings is 1. The fraction of sp³-hybridized carbons (Fsp3) is 0.429. The van der Waals surface area contributed by atoms with Gasteiger partial charge in [0.15, 0.2) is 0 Å². The monoisotopic (exact) mass is 742 g/mol. The molecule has 11 heteroatoms. The summed E-state index contributed by atoms with van der Waals surface area (Å²) in [7, 11) is 0. The zero-order valence-corrected chi connectivity index (χ0v) is 31.7. The van der Waals surface area contributed by atoms with Gasteiger partial charge in [0.1, 0.15) is 36.5 Å². The van der Waals surface area contributed by atoms with E-state index < -0.39 is 5.54 Å². The van der Waals surface area contributed by atoms with Gasteiger partial charge in [-0.05, 0) is 98.5 Å². The van der Waals surface area contributed by atoms with Crippen LogP contribution in [0.15, 0.2) is 67.0 Å². The maximum Gasteiger partial charge on any atom is 0.142 e. The molecule has 1 fully saturated rings. The molecule has 0 bridgehead atoms. The predicted molar refractivity (Wildman–Crippen MR) is 206 cm³/mol. The zero-order chi connectivity index (χ0) is 37.8. The Morgan fingerprint density at radius 3 is 2.43 bits per heavy atom. The van der Waals surface area contributed by atoms with Gasteiger partial charge in [-0.3, -0.25) is 4.98 Å². The molecule has 53 heavy (non-hydrogen) atoms. The lowest BCUT2D eigenvalue weighted by Crippen LogP contribution is -2.48. The van der Waals surface area contributed by atoms with Gasteiger partial charge in [0, 0.05) is 55.8 Å². The van der Waals surface area contributed by atoms with Crippen molar-refractivity contribution < 1.29 is 29.5 Å². The number of nitrogens with zero attached hydrogens (tertiary/aromatic N) is 3. The molecule has 1 atom stereocenters.